The number of pyridine rings is 1. The average molecular weight is 301 g/mol. The highest BCUT2D eigenvalue weighted by atomic mass is 16.2. The monoisotopic (exact) mass is 301 g/mol. The fourth-order valence-corrected chi connectivity index (χ4v) is 3.69. The molecule has 120 valence electrons. The zero-order valence-electron chi connectivity index (χ0n) is 13.6. The van der Waals surface area contributed by atoms with Crippen LogP contribution in [0.3, 0.4) is 0 Å². The minimum Gasteiger partial charge on any atom is -0.370 e. The van der Waals surface area contributed by atoms with Crippen LogP contribution in [0.25, 0.3) is 0 Å². The Morgan fingerprint density at radius 3 is 2.59 bits per heavy atom. The normalized spacial score (nSPS) is 22.7. The Morgan fingerprint density at radius 1 is 1.14 bits per heavy atom. The van der Waals surface area contributed by atoms with Crippen molar-refractivity contribution in [1.29, 1.82) is 0 Å². The van der Waals surface area contributed by atoms with Crippen LogP contribution in [0, 0.1) is 0 Å². The molecule has 0 aromatic carbocycles. The Kier molecular flexibility index (Phi) is 4.96. The van der Waals surface area contributed by atoms with E-state index in [1.807, 2.05) is 17.2 Å². The van der Waals surface area contributed by atoms with Crippen LogP contribution >= 0.6 is 0 Å². The summed E-state index contributed by atoms with van der Waals surface area (Å²) in [5.74, 6) is 0.108. The van der Waals surface area contributed by atoms with E-state index in [-0.39, 0.29) is 5.91 Å². The minimum absolute atomic E-state index is 0.108. The summed E-state index contributed by atoms with van der Waals surface area (Å²) in [5, 5.41) is 0. The van der Waals surface area contributed by atoms with E-state index in [9.17, 15) is 4.79 Å². The van der Waals surface area contributed by atoms with Gasteiger partial charge in [-0.3, -0.25) is 4.79 Å². The van der Waals surface area contributed by atoms with Crippen molar-refractivity contribution in [1.82, 2.24) is 9.88 Å². The van der Waals surface area contributed by atoms with Gasteiger partial charge in [-0.15, -0.1) is 0 Å². The molecule has 1 unspecified atom stereocenters. The van der Waals surface area contributed by atoms with Gasteiger partial charge in [0.2, 0.25) is 0 Å². The third-order valence-electron chi connectivity index (χ3n) is 5.05. The van der Waals surface area contributed by atoms with Crippen LogP contribution in [0.15, 0.2) is 18.3 Å². The number of carbonyl (C=O) groups is 1. The molecule has 0 saturated carbocycles. The van der Waals surface area contributed by atoms with E-state index < -0.39 is 0 Å². The van der Waals surface area contributed by atoms with Crippen molar-refractivity contribution in [2.75, 3.05) is 24.5 Å². The van der Waals surface area contributed by atoms with Gasteiger partial charge in [0, 0.05) is 25.7 Å². The van der Waals surface area contributed by atoms with Crippen molar-refractivity contribution in [3.05, 3.63) is 24.0 Å². The Hall–Kier alpha value is -1.58. The first-order valence-electron chi connectivity index (χ1n) is 8.81. The van der Waals surface area contributed by atoms with E-state index in [1.165, 1.54) is 25.7 Å². The van der Waals surface area contributed by atoms with Gasteiger partial charge in [-0.25, -0.2) is 4.98 Å². The number of carbonyl (C=O) groups excluding carboxylic acids is 1. The molecule has 0 N–H and O–H groups in total. The van der Waals surface area contributed by atoms with Crippen LogP contribution in [0.4, 0.5) is 5.69 Å². The highest BCUT2D eigenvalue weighted by Crippen LogP contribution is 2.23. The van der Waals surface area contributed by atoms with Crippen molar-refractivity contribution in [2.24, 2.45) is 0 Å². The largest absolute Gasteiger partial charge is 0.370 e. The molecular weight excluding hydrogens is 274 g/mol. The maximum absolute atomic E-state index is 12.7. The summed E-state index contributed by atoms with van der Waals surface area (Å²) in [4.78, 5) is 21.6. The number of anilines is 1. The van der Waals surface area contributed by atoms with Gasteiger partial charge < -0.3 is 9.80 Å². The first-order chi connectivity index (χ1) is 10.8. The third-order valence-corrected chi connectivity index (χ3v) is 5.05. The second-order valence-corrected chi connectivity index (χ2v) is 6.51. The summed E-state index contributed by atoms with van der Waals surface area (Å²) in [6, 6.07) is 4.37. The topological polar surface area (TPSA) is 36.4 Å². The fraction of sp³-hybridized carbons (Fsp3) is 0.667. The Morgan fingerprint density at radius 2 is 1.91 bits per heavy atom. The number of hydrogen-bond acceptors (Lipinski definition) is 3. The molecule has 2 saturated heterocycles. The molecule has 1 amide bonds. The number of hydrogen-bond donors (Lipinski definition) is 0. The van der Waals surface area contributed by atoms with Gasteiger partial charge in [-0.1, -0.05) is 6.92 Å². The van der Waals surface area contributed by atoms with E-state index in [4.69, 9.17) is 0 Å². The Labute approximate surface area is 133 Å². The molecule has 4 heteroatoms. The molecule has 0 aliphatic carbocycles. The number of amides is 1. The Balaban J connectivity index is 1.70. The highest BCUT2D eigenvalue weighted by Gasteiger charge is 2.26. The number of aromatic nitrogens is 1. The van der Waals surface area contributed by atoms with Gasteiger partial charge in [0.25, 0.3) is 5.91 Å². The molecule has 1 atom stereocenters. The molecule has 3 heterocycles. The lowest BCUT2D eigenvalue weighted by Gasteiger charge is -2.35. The molecule has 0 spiro atoms. The third kappa shape index (κ3) is 3.26. The van der Waals surface area contributed by atoms with Gasteiger partial charge in [-0.2, -0.15) is 0 Å². The van der Waals surface area contributed by atoms with Crippen molar-refractivity contribution in [3.63, 3.8) is 0 Å². The van der Waals surface area contributed by atoms with Crippen molar-refractivity contribution < 1.29 is 4.79 Å². The van der Waals surface area contributed by atoms with Gasteiger partial charge in [0.1, 0.15) is 5.69 Å². The molecule has 1 aromatic rings. The minimum atomic E-state index is 0.108. The van der Waals surface area contributed by atoms with Crippen LogP contribution in [-0.2, 0) is 0 Å². The molecule has 2 aliphatic rings. The van der Waals surface area contributed by atoms with E-state index in [1.54, 1.807) is 0 Å². The lowest BCUT2D eigenvalue weighted by atomic mass is 9.99. The lowest BCUT2D eigenvalue weighted by molar-refractivity contribution is 0.0602. The Bertz CT molecular complexity index is 494. The second kappa shape index (κ2) is 7.12. The molecule has 2 fully saturated rings. The molecular formula is C18H27N3O. The predicted molar refractivity (Wildman–Crippen MR) is 89.3 cm³/mol. The van der Waals surface area contributed by atoms with Crippen LogP contribution in [0.5, 0.6) is 0 Å². The van der Waals surface area contributed by atoms with Gasteiger partial charge in [0.15, 0.2) is 0 Å². The maximum Gasteiger partial charge on any atom is 0.272 e. The number of piperidine rings is 2. The summed E-state index contributed by atoms with van der Waals surface area (Å²) in [6.07, 6.45) is 10.3. The molecule has 2 aliphatic heterocycles. The van der Waals surface area contributed by atoms with Gasteiger partial charge in [-0.05, 0) is 57.1 Å². The first kappa shape index (κ1) is 15.3. The van der Waals surface area contributed by atoms with E-state index in [0.717, 1.165) is 44.6 Å². The SMILES string of the molecule is CCC1CCCCN1C(=O)c1ccc(N2CCCCC2)cn1. The van der Waals surface area contributed by atoms with Crippen molar-refractivity contribution in [2.45, 2.75) is 57.9 Å². The first-order valence-corrected chi connectivity index (χ1v) is 8.81. The molecule has 0 bridgehead atoms. The molecule has 1 aromatic heterocycles. The number of rotatable bonds is 3. The van der Waals surface area contributed by atoms with E-state index in [2.05, 4.69) is 22.9 Å². The van der Waals surface area contributed by atoms with Crippen LogP contribution in [0.2, 0.25) is 0 Å². The van der Waals surface area contributed by atoms with Gasteiger partial charge in [0.05, 0.1) is 11.9 Å². The highest BCUT2D eigenvalue weighted by molar-refractivity contribution is 5.92. The molecule has 0 radical (unpaired) electrons. The molecule has 3 rings (SSSR count). The quantitative estimate of drug-likeness (QED) is 0.857. The molecule has 4 nitrogen and oxygen atoms in total. The van der Waals surface area contributed by atoms with Gasteiger partial charge >= 0.3 is 0 Å². The van der Waals surface area contributed by atoms with E-state index >= 15 is 0 Å². The summed E-state index contributed by atoms with van der Waals surface area (Å²) >= 11 is 0. The predicted octanol–water partition coefficient (Wildman–Crippen LogP) is 3.48. The van der Waals surface area contributed by atoms with Crippen LogP contribution < -0.4 is 4.90 Å². The summed E-state index contributed by atoms with van der Waals surface area (Å²) in [5.41, 5.74) is 1.75. The van der Waals surface area contributed by atoms with Crippen LogP contribution in [0.1, 0.15) is 62.4 Å². The standard InChI is InChI=1S/C18H27N3O/c1-2-15-8-4-7-13-21(15)18(22)17-10-9-16(14-19-17)20-11-5-3-6-12-20/h9-10,14-15H,2-8,11-13H2,1H3. The zero-order valence-corrected chi connectivity index (χ0v) is 13.6. The average Bonchev–Trinajstić information content (AvgIpc) is 2.62. The zero-order chi connectivity index (χ0) is 15.4. The van der Waals surface area contributed by atoms with Crippen LogP contribution in [-0.4, -0.2) is 41.5 Å². The number of nitrogens with zero attached hydrogens (tertiary/aromatic N) is 3. The van der Waals surface area contributed by atoms with Crippen molar-refractivity contribution in [3.8, 4) is 0 Å². The summed E-state index contributed by atoms with van der Waals surface area (Å²) < 4.78 is 0. The summed E-state index contributed by atoms with van der Waals surface area (Å²) in [7, 11) is 0. The van der Waals surface area contributed by atoms with E-state index in [0.29, 0.717) is 11.7 Å². The molecule has 22 heavy (non-hydrogen) atoms. The maximum atomic E-state index is 12.7. The second-order valence-electron chi connectivity index (χ2n) is 6.51. The summed E-state index contributed by atoms with van der Waals surface area (Å²) in [6.45, 7) is 5.27. The smallest absolute Gasteiger partial charge is 0.272 e. The lowest BCUT2D eigenvalue weighted by Crippen LogP contribution is -2.43. The van der Waals surface area contributed by atoms with Crippen molar-refractivity contribution >= 4 is 11.6 Å². The number of likely N-dealkylation sites (tertiary alicyclic amines) is 1. The fourth-order valence-electron chi connectivity index (χ4n) is 3.69.